The normalized spacial score (nSPS) is 11.6. The number of sulfonamides is 1. The largest absolute Gasteiger partial charge is 0.398 e. The fourth-order valence-electron chi connectivity index (χ4n) is 1.20. The lowest BCUT2D eigenvalue weighted by Crippen LogP contribution is -2.25. The molecular weight excluding hydrogens is 292 g/mol. The van der Waals surface area contributed by atoms with E-state index in [-0.39, 0.29) is 10.6 Å². The van der Waals surface area contributed by atoms with E-state index in [1.165, 1.54) is 6.07 Å². The molecule has 0 saturated carbocycles. The van der Waals surface area contributed by atoms with Gasteiger partial charge in [0.05, 0.1) is 5.69 Å². The van der Waals surface area contributed by atoms with Crippen LogP contribution in [0.2, 0.25) is 0 Å². The number of halogens is 1. The predicted octanol–water partition coefficient (Wildman–Crippen LogP) is 2.11. The fourth-order valence-corrected chi connectivity index (χ4v) is 2.94. The van der Waals surface area contributed by atoms with Gasteiger partial charge in [-0.05, 0) is 24.6 Å². The van der Waals surface area contributed by atoms with Crippen LogP contribution < -0.4 is 10.5 Å². The monoisotopic (exact) mass is 306 g/mol. The number of hydrogen-bond donors (Lipinski definition) is 2. The van der Waals surface area contributed by atoms with E-state index in [1.54, 1.807) is 12.1 Å². The zero-order valence-corrected chi connectivity index (χ0v) is 11.4. The van der Waals surface area contributed by atoms with E-state index in [9.17, 15) is 8.42 Å². The minimum Gasteiger partial charge on any atom is -0.398 e. The number of nitrogen functional groups attached to an aromatic ring is 1. The first-order chi connectivity index (χ1) is 7.47. The Hall–Kier alpha value is -0.590. The fraction of sp³-hybridized carbons (Fsp3) is 0.400. The first kappa shape index (κ1) is 13.5. The molecule has 0 aliphatic heterocycles. The predicted molar refractivity (Wildman–Crippen MR) is 68.7 cm³/mol. The molecule has 4 nitrogen and oxygen atoms in total. The third-order valence-electron chi connectivity index (χ3n) is 2.09. The van der Waals surface area contributed by atoms with Crippen molar-refractivity contribution >= 4 is 31.6 Å². The summed E-state index contributed by atoms with van der Waals surface area (Å²) in [7, 11) is -3.49. The van der Waals surface area contributed by atoms with Crippen LogP contribution in [0.25, 0.3) is 0 Å². The van der Waals surface area contributed by atoms with Crippen molar-refractivity contribution in [2.75, 3.05) is 12.3 Å². The molecule has 1 aromatic carbocycles. The van der Waals surface area contributed by atoms with Gasteiger partial charge >= 0.3 is 0 Å². The van der Waals surface area contributed by atoms with Crippen LogP contribution in [0.3, 0.4) is 0 Å². The molecule has 3 N–H and O–H groups in total. The molecule has 90 valence electrons. The van der Waals surface area contributed by atoms with Crippen LogP contribution in [-0.4, -0.2) is 15.0 Å². The molecule has 0 saturated heterocycles. The van der Waals surface area contributed by atoms with Crippen molar-refractivity contribution in [3.63, 3.8) is 0 Å². The van der Waals surface area contributed by atoms with Crippen molar-refractivity contribution in [2.24, 2.45) is 0 Å². The Labute approximate surface area is 104 Å². The zero-order chi connectivity index (χ0) is 12.2. The summed E-state index contributed by atoms with van der Waals surface area (Å²) >= 11 is 3.22. The van der Waals surface area contributed by atoms with Crippen LogP contribution in [0.15, 0.2) is 27.6 Å². The van der Waals surface area contributed by atoms with Crippen molar-refractivity contribution in [2.45, 2.75) is 24.7 Å². The Morgan fingerprint density at radius 3 is 2.75 bits per heavy atom. The second-order valence-electron chi connectivity index (χ2n) is 3.43. The summed E-state index contributed by atoms with van der Waals surface area (Å²) in [6.45, 7) is 2.44. The average molecular weight is 307 g/mol. The molecule has 0 fully saturated rings. The Morgan fingerprint density at radius 2 is 2.12 bits per heavy atom. The van der Waals surface area contributed by atoms with Gasteiger partial charge in [0, 0.05) is 11.0 Å². The summed E-state index contributed by atoms with van der Waals surface area (Å²) < 4.78 is 26.9. The van der Waals surface area contributed by atoms with E-state index in [4.69, 9.17) is 5.73 Å². The Morgan fingerprint density at radius 1 is 1.44 bits per heavy atom. The SMILES string of the molecule is CCCCNS(=O)(=O)c1cc(Br)ccc1N. The van der Waals surface area contributed by atoms with Crippen LogP contribution >= 0.6 is 15.9 Å². The smallest absolute Gasteiger partial charge is 0.242 e. The second-order valence-corrected chi connectivity index (χ2v) is 6.08. The van der Waals surface area contributed by atoms with Gasteiger partial charge in [-0.3, -0.25) is 0 Å². The summed E-state index contributed by atoms with van der Waals surface area (Å²) in [5.41, 5.74) is 5.90. The molecule has 16 heavy (non-hydrogen) atoms. The Balaban J connectivity index is 2.93. The van der Waals surface area contributed by atoms with Crippen LogP contribution in [0.1, 0.15) is 19.8 Å². The van der Waals surface area contributed by atoms with Gasteiger partial charge in [-0.2, -0.15) is 0 Å². The maximum atomic E-state index is 11.9. The molecule has 0 amide bonds. The van der Waals surface area contributed by atoms with Gasteiger partial charge < -0.3 is 5.73 Å². The highest BCUT2D eigenvalue weighted by molar-refractivity contribution is 9.10. The van der Waals surface area contributed by atoms with Crippen molar-refractivity contribution in [3.8, 4) is 0 Å². The zero-order valence-electron chi connectivity index (χ0n) is 9.03. The average Bonchev–Trinajstić information content (AvgIpc) is 2.22. The van der Waals surface area contributed by atoms with Gasteiger partial charge in [-0.1, -0.05) is 29.3 Å². The minimum absolute atomic E-state index is 0.123. The van der Waals surface area contributed by atoms with Gasteiger partial charge in [0.1, 0.15) is 4.90 Å². The number of unbranched alkanes of at least 4 members (excludes halogenated alkanes) is 1. The summed E-state index contributed by atoms with van der Waals surface area (Å²) in [5.74, 6) is 0. The number of benzene rings is 1. The summed E-state index contributed by atoms with van der Waals surface area (Å²) in [6, 6.07) is 4.78. The van der Waals surface area contributed by atoms with Gasteiger partial charge in [0.2, 0.25) is 10.0 Å². The third-order valence-corrected chi connectivity index (χ3v) is 4.10. The summed E-state index contributed by atoms with van der Waals surface area (Å²) in [6.07, 6.45) is 1.75. The van der Waals surface area contributed by atoms with Crippen molar-refractivity contribution in [1.29, 1.82) is 0 Å². The van der Waals surface area contributed by atoms with Crippen LogP contribution in [-0.2, 0) is 10.0 Å². The van der Waals surface area contributed by atoms with Crippen molar-refractivity contribution < 1.29 is 8.42 Å². The Bertz CT molecular complexity index is 460. The molecule has 0 bridgehead atoms. The van der Waals surface area contributed by atoms with Crippen molar-refractivity contribution in [1.82, 2.24) is 4.72 Å². The van der Waals surface area contributed by atoms with Gasteiger partial charge in [-0.15, -0.1) is 0 Å². The number of anilines is 1. The van der Waals surface area contributed by atoms with Crippen molar-refractivity contribution in [3.05, 3.63) is 22.7 Å². The van der Waals surface area contributed by atoms with E-state index < -0.39 is 10.0 Å². The number of nitrogens with one attached hydrogen (secondary N) is 1. The molecule has 6 heteroatoms. The maximum absolute atomic E-state index is 11.9. The number of nitrogens with two attached hydrogens (primary N) is 1. The lowest BCUT2D eigenvalue weighted by molar-refractivity contribution is 0.579. The molecule has 0 aromatic heterocycles. The van der Waals surface area contributed by atoms with Crippen LogP contribution in [0.4, 0.5) is 5.69 Å². The summed E-state index contributed by atoms with van der Waals surface area (Å²) in [5, 5.41) is 0. The molecule has 0 aliphatic rings. The third kappa shape index (κ3) is 3.47. The molecule has 0 unspecified atom stereocenters. The molecule has 0 atom stereocenters. The van der Waals surface area contributed by atoms with E-state index in [0.717, 1.165) is 12.8 Å². The molecule has 0 spiro atoms. The Kier molecular flexibility index (Phi) is 4.76. The van der Waals surface area contributed by atoms with Gasteiger partial charge in [0.15, 0.2) is 0 Å². The molecule has 1 rings (SSSR count). The molecular formula is C10H15BrN2O2S. The first-order valence-corrected chi connectivity index (χ1v) is 7.29. The summed E-state index contributed by atoms with van der Waals surface area (Å²) in [4.78, 5) is 0.123. The minimum atomic E-state index is -3.49. The number of hydrogen-bond acceptors (Lipinski definition) is 3. The van der Waals surface area contributed by atoms with Gasteiger partial charge in [0.25, 0.3) is 0 Å². The van der Waals surface area contributed by atoms with Crippen LogP contribution in [0, 0.1) is 0 Å². The lowest BCUT2D eigenvalue weighted by atomic mass is 10.3. The highest BCUT2D eigenvalue weighted by atomic mass is 79.9. The van der Waals surface area contributed by atoms with E-state index in [2.05, 4.69) is 20.7 Å². The van der Waals surface area contributed by atoms with E-state index >= 15 is 0 Å². The lowest BCUT2D eigenvalue weighted by Gasteiger charge is -2.08. The number of rotatable bonds is 5. The molecule has 0 radical (unpaired) electrons. The van der Waals surface area contributed by atoms with Crippen LogP contribution in [0.5, 0.6) is 0 Å². The van der Waals surface area contributed by atoms with Gasteiger partial charge in [-0.25, -0.2) is 13.1 Å². The molecule has 1 aromatic rings. The topological polar surface area (TPSA) is 72.2 Å². The second kappa shape index (κ2) is 5.65. The molecule has 0 heterocycles. The maximum Gasteiger partial charge on any atom is 0.242 e. The first-order valence-electron chi connectivity index (χ1n) is 5.02. The standard InChI is InChI=1S/C10H15BrN2O2S/c1-2-3-6-13-16(14,15)10-7-8(11)4-5-9(10)12/h4-5,7,13H,2-3,6,12H2,1H3. The van der Waals surface area contributed by atoms with E-state index in [0.29, 0.717) is 11.0 Å². The highest BCUT2D eigenvalue weighted by Gasteiger charge is 2.16. The van der Waals surface area contributed by atoms with E-state index in [1.807, 2.05) is 6.92 Å². The highest BCUT2D eigenvalue weighted by Crippen LogP contribution is 2.22. The molecule has 0 aliphatic carbocycles. The quantitative estimate of drug-likeness (QED) is 0.646.